The number of aromatic nitrogens is 2. The van der Waals surface area contributed by atoms with E-state index < -0.39 is 0 Å². The molecule has 0 aliphatic rings. The molecule has 0 aliphatic carbocycles. The van der Waals surface area contributed by atoms with E-state index >= 15 is 0 Å². The Hall–Kier alpha value is -1.75. The van der Waals surface area contributed by atoms with Crippen LogP contribution in [0.15, 0.2) is 22.9 Å². The Morgan fingerprint density at radius 2 is 2.18 bits per heavy atom. The van der Waals surface area contributed by atoms with Crippen molar-refractivity contribution in [3.63, 3.8) is 0 Å². The van der Waals surface area contributed by atoms with Gasteiger partial charge in [-0.1, -0.05) is 11.6 Å². The van der Waals surface area contributed by atoms with E-state index in [2.05, 4.69) is 15.3 Å². The summed E-state index contributed by atoms with van der Waals surface area (Å²) in [6.07, 6.45) is 1.36. The zero-order chi connectivity index (χ0) is 12.4. The first-order chi connectivity index (χ1) is 8.08. The van der Waals surface area contributed by atoms with E-state index in [1.54, 1.807) is 0 Å². The molecule has 17 heavy (non-hydrogen) atoms. The summed E-state index contributed by atoms with van der Waals surface area (Å²) in [7, 11) is 0. The van der Waals surface area contributed by atoms with Crippen LogP contribution in [0.4, 0.5) is 11.5 Å². The molecule has 6 heteroatoms. The summed E-state index contributed by atoms with van der Waals surface area (Å²) in [4.78, 5) is 7.83. The number of hydrogen-bond acceptors (Lipinski definition) is 5. The fourth-order valence-electron chi connectivity index (χ4n) is 1.45. The van der Waals surface area contributed by atoms with Crippen molar-refractivity contribution in [3.8, 4) is 0 Å². The van der Waals surface area contributed by atoms with Gasteiger partial charge in [-0.05, 0) is 26.0 Å². The smallest absolute Gasteiger partial charge is 0.157 e. The minimum absolute atomic E-state index is 0.0445. The van der Waals surface area contributed by atoms with Crippen LogP contribution in [0.3, 0.4) is 0 Å². The standard InChI is InChI=1S/C11H13ClN4O/c1-6-3-4-8(17-6)7(2)16-11-9(13)10(12)14-5-15-11/h3-5,7H,13H2,1-2H3,(H,14,15,16). The van der Waals surface area contributed by atoms with Gasteiger partial charge in [0, 0.05) is 0 Å². The molecule has 0 saturated carbocycles. The van der Waals surface area contributed by atoms with Gasteiger partial charge in [0.2, 0.25) is 0 Å². The summed E-state index contributed by atoms with van der Waals surface area (Å²) in [5.41, 5.74) is 6.10. The molecular formula is C11H13ClN4O. The van der Waals surface area contributed by atoms with Crippen LogP contribution >= 0.6 is 11.6 Å². The van der Waals surface area contributed by atoms with Gasteiger partial charge in [-0.3, -0.25) is 0 Å². The highest BCUT2D eigenvalue weighted by Crippen LogP contribution is 2.26. The predicted octanol–water partition coefficient (Wildman–Crippen LogP) is 2.79. The summed E-state index contributed by atoms with van der Waals surface area (Å²) in [6, 6.07) is 3.77. The summed E-state index contributed by atoms with van der Waals surface area (Å²) in [6.45, 7) is 3.85. The molecule has 0 saturated heterocycles. The van der Waals surface area contributed by atoms with Gasteiger partial charge >= 0.3 is 0 Å². The Labute approximate surface area is 104 Å². The number of nitrogens with zero attached hydrogens (tertiary/aromatic N) is 2. The van der Waals surface area contributed by atoms with Crippen LogP contribution in [0.25, 0.3) is 0 Å². The molecule has 0 aliphatic heterocycles. The molecule has 0 amide bonds. The van der Waals surface area contributed by atoms with Crippen LogP contribution in [0.5, 0.6) is 0 Å². The van der Waals surface area contributed by atoms with Gasteiger partial charge < -0.3 is 15.5 Å². The molecule has 0 spiro atoms. The highest BCUT2D eigenvalue weighted by atomic mass is 35.5. The number of nitrogens with one attached hydrogen (secondary N) is 1. The van der Waals surface area contributed by atoms with E-state index in [1.807, 2.05) is 26.0 Å². The predicted molar refractivity (Wildman–Crippen MR) is 66.9 cm³/mol. The van der Waals surface area contributed by atoms with E-state index in [4.69, 9.17) is 21.8 Å². The summed E-state index contributed by atoms with van der Waals surface area (Å²) < 4.78 is 5.51. The Balaban J connectivity index is 2.18. The molecule has 2 heterocycles. The first-order valence-corrected chi connectivity index (χ1v) is 5.54. The van der Waals surface area contributed by atoms with Gasteiger partial charge in [-0.25, -0.2) is 9.97 Å². The van der Waals surface area contributed by atoms with E-state index in [0.29, 0.717) is 11.5 Å². The first kappa shape index (κ1) is 11.7. The summed E-state index contributed by atoms with van der Waals surface area (Å²) >= 11 is 5.81. The van der Waals surface area contributed by atoms with Crippen molar-refractivity contribution in [2.24, 2.45) is 0 Å². The second-order valence-electron chi connectivity index (χ2n) is 3.74. The molecule has 1 atom stereocenters. The SMILES string of the molecule is Cc1ccc(C(C)Nc2ncnc(Cl)c2N)o1. The second-order valence-corrected chi connectivity index (χ2v) is 4.10. The molecule has 0 fully saturated rings. The highest BCUT2D eigenvalue weighted by molar-refractivity contribution is 6.32. The van der Waals surface area contributed by atoms with Crippen molar-refractivity contribution < 1.29 is 4.42 Å². The Bertz CT molecular complexity index is 526. The van der Waals surface area contributed by atoms with Gasteiger partial charge in [0.15, 0.2) is 11.0 Å². The maximum absolute atomic E-state index is 5.81. The van der Waals surface area contributed by atoms with Gasteiger partial charge in [0.05, 0.1) is 6.04 Å². The molecular weight excluding hydrogens is 240 g/mol. The third-order valence-electron chi connectivity index (χ3n) is 2.38. The van der Waals surface area contributed by atoms with Gasteiger partial charge in [-0.2, -0.15) is 0 Å². The van der Waals surface area contributed by atoms with Gasteiger partial charge in [-0.15, -0.1) is 0 Å². The Morgan fingerprint density at radius 3 is 2.82 bits per heavy atom. The number of halogens is 1. The van der Waals surface area contributed by atoms with Gasteiger partial charge in [0.25, 0.3) is 0 Å². The topological polar surface area (TPSA) is 77.0 Å². The average molecular weight is 253 g/mol. The third kappa shape index (κ3) is 2.50. The molecule has 0 aromatic carbocycles. The summed E-state index contributed by atoms with van der Waals surface area (Å²) in [5.74, 6) is 2.19. The molecule has 3 N–H and O–H groups in total. The number of aryl methyl sites for hydroxylation is 1. The van der Waals surface area contributed by atoms with Crippen LogP contribution in [0.2, 0.25) is 5.15 Å². The van der Waals surface area contributed by atoms with Crippen LogP contribution in [-0.2, 0) is 0 Å². The van der Waals surface area contributed by atoms with Gasteiger partial charge in [0.1, 0.15) is 23.5 Å². The van der Waals surface area contributed by atoms with Crippen molar-refractivity contribution >= 4 is 23.1 Å². The van der Waals surface area contributed by atoms with Crippen molar-refractivity contribution in [1.29, 1.82) is 0 Å². The lowest BCUT2D eigenvalue weighted by Crippen LogP contribution is -2.09. The number of rotatable bonds is 3. The number of hydrogen-bond donors (Lipinski definition) is 2. The lowest BCUT2D eigenvalue weighted by molar-refractivity contribution is 0.466. The fraction of sp³-hybridized carbons (Fsp3) is 0.273. The maximum atomic E-state index is 5.81. The van der Waals surface area contributed by atoms with E-state index in [-0.39, 0.29) is 11.2 Å². The van der Waals surface area contributed by atoms with Crippen molar-refractivity contribution in [2.75, 3.05) is 11.1 Å². The highest BCUT2D eigenvalue weighted by Gasteiger charge is 2.13. The van der Waals surface area contributed by atoms with Crippen LogP contribution in [0.1, 0.15) is 24.5 Å². The van der Waals surface area contributed by atoms with Crippen molar-refractivity contribution in [3.05, 3.63) is 35.1 Å². The molecule has 2 aromatic heterocycles. The zero-order valence-corrected chi connectivity index (χ0v) is 10.3. The zero-order valence-electron chi connectivity index (χ0n) is 9.57. The van der Waals surface area contributed by atoms with Crippen LogP contribution < -0.4 is 11.1 Å². The summed E-state index contributed by atoms with van der Waals surface area (Å²) in [5, 5.41) is 3.37. The Kier molecular flexibility index (Phi) is 3.19. The third-order valence-corrected chi connectivity index (χ3v) is 2.68. The molecule has 2 rings (SSSR count). The van der Waals surface area contributed by atoms with Crippen molar-refractivity contribution in [2.45, 2.75) is 19.9 Å². The van der Waals surface area contributed by atoms with E-state index in [1.165, 1.54) is 6.33 Å². The monoisotopic (exact) mass is 252 g/mol. The maximum Gasteiger partial charge on any atom is 0.157 e. The molecule has 2 aromatic rings. The lowest BCUT2D eigenvalue weighted by Gasteiger charge is -2.13. The second kappa shape index (κ2) is 4.63. The average Bonchev–Trinajstić information content (AvgIpc) is 2.72. The normalized spacial score (nSPS) is 12.4. The van der Waals surface area contributed by atoms with Crippen LogP contribution in [-0.4, -0.2) is 9.97 Å². The number of furan rings is 1. The first-order valence-electron chi connectivity index (χ1n) is 5.16. The minimum atomic E-state index is -0.0445. The number of nitrogen functional groups attached to an aromatic ring is 1. The number of anilines is 2. The molecule has 0 radical (unpaired) electrons. The van der Waals surface area contributed by atoms with E-state index in [0.717, 1.165) is 11.5 Å². The van der Waals surface area contributed by atoms with E-state index in [9.17, 15) is 0 Å². The number of nitrogens with two attached hydrogens (primary N) is 1. The molecule has 1 unspecified atom stereocenters. The minimum Gasteiger partial charge on any atom is -0.464 e. The lowest BCUT2D eigenvalue weighted by atomic mass is 10.2. The molecule has 0 bridgehead atoms. The quantitative estimate of drug-likeness (QED) is 0.822. The molecule has 90 valence electrons. The van der Waals surface area contributed by atoms with Crippen molar-refractivity contribution in [1.82, 2.24) is 9.97 Å². The van der Waals surface area contributed by atoms with Crippen LogP contribution in [0, 0.1) is 6.92 Å². The largest absolute Gasteiger partial charge is 0.464 e. The molecule has 5 nitrogen and oxygen atoms in total. The fourth-order valence-corrected chi connectivity index (χ4v) is 1.58. The Morgan fingerprint density at radius 1 is 1.41 bits per heavy atom.